The van der Waals surface area contributed by atoms with Gasteiger partial charge in [0.2, 0.25) is 15.9 Å². The van der Waals surface area contributed by atoms with E-state index in [1.54, 1.807) is 6.92 Å². The summed E-state index contributed by atoms with van der Waals surface area (Å²) in [5, 5.41) is 5.77. The highest BCUT2D eigenvalue weighted by Crippen LogP contribution is 2.15. The summed E-state index contributed by atoms with van der Waals surface area (Å²) in [5.74, 6) is 0.184. The molecule has 1 atom stereocenters. The van der Waals surface area contributed by atoms with Gasteiger partial charge in [-0.15, -0.1) is 0 Å². The van der Waals surface area contributed by atoms with Crippen LogP contribution in [0, 0.1) is 11.8 Å². The lowest BCUT2D eigenvalue weighted by molar-refractivity contribution is -0.126. The van der Waals surface area contributed by atoms with Crippen molar-refractivity contribution >= 4 is 15.9 Å². The van der Waals surface area contributed by atoms with Gasteiger partial charge in [0, 0.05) is 19.0 Å². The van der Waals surface area contributed by atoms with Gasteiger partial charge in [-0.25, -0.2) is 13.1 Å². The molecule has 1 fully saturated rings. The van der Waals surface area contributed by atoms with E-state index in [-0.39, 0.29) is 24.1 Å². The van der Waals surface area contributed by atoms with E-state index in [1.807, 2.05) is 6.92 Å². The first-order chi connectivity index (χ1) is 7.96. The fourth-order valence-corrected chi connectivity index (χ4v) is 2.60. The predicted octanol–water partition coefficient (Wildman–Crippen LogP) is -1.10. The predicted molar refractivity (Wildman–Crippen MR) is 66.0 cm³/mol. The molecule has 6 nitrogen and oxygen atoms in total. The van der Waals surface area contributed by atoms with Crippen molar-refractivity contribution in [3.05, 3.63) is 0 Å². The topological polar surface area (TPSA) is 87.3 Å². The first-order valence-corrected chi connectivity index (χ1v) is 7.57. The molecule has 0 bridgehead atoms. The number of amides is 1. The average Bonchev–Trinajstić information content (AvgIpc) is 2.14. The fourth-order valence-electron chi connectivity index (χ4n) is 1.64. The second-order valence-electron chi connectivity index (χ2n) is 4.31. The molecule has 1 aliphatic heterocycles. The summed E-state index contributed by atoms with van der Waals surface area (Å²) in [4.78, 5) is 11.7. The van der Waals surface area contributed by atoms with Crippen LogP contribution < -0.4 is 15.4 Å². The number of carbonyl (C=O) groups excluding carboxylic acids is 1. The molecule has 1 heterocycles. The second-order valence-corrected chi connectivity index (χ2v) is 6.24. The van der Waals surface area contributed by atoms with Crippen LogP contribution in [-0.2, 0) is 14.8 Å². The van der Waals surface area contributed by atoms with Gasteiger partial charge in [0.25, 0.3) is 0 Å². The first kappa shape index (κ1) is 14.4. The van der Waals surface area contributed by atoms with E-state index in [2.05, 4.69) is 15.4 Å². The molecule has 0 aromatic rings. The summed E-state index contributed by atoms with van der Waals surface area (Å²) in [6.07, 6.45) is 0. The zero-order valence-corrected chi connectivity index (χ0v) is 11.1. The van der Waals surface area contributed by atoms with Crippen molar-refractivity contribution < 1.29 is 13.2 Å². The largest absolute Gasteiger partial charge is 0.355 e. The third kappa shape index (κ3) is 4.61. The van der Waals surface area contributed by atoms with Crippen molar-refractivity contribution in [2.45, 2.75) is 13.8 Å². The van der Waals surface area contributed by atoms with Gasteiger partial charge in [-0.05, 0) is 19.0 Å². The Bertz CT molecular complexity index is 352. The molecule has 17 heavy (non-hydrogen) atoms. The van der Waals surface area contributed by atoms with E-state index in [4.69, 9.17) is 0 Å². The van der Waals surface area contributed by atoms with Gasteiger partial charge in [-0.2, -0.15) is 0 Å². The van der Waals surface area contributed by atoms with Crippen LogP contribution in [0.3, 0.4) is 0 Å². The highest BCUT2D eigenvalue weighted by atomic mass is 32.2. The molecular formula is C10H21N3O3S. The van der Waals surface area contributed by atoms with Gasteiger partial charge in [0.1, 0.15) is 0 Å². The molecule has 0 spiro atoms. The van der Waals surface area contributed by atoms with E-state index in [9.17, 15) is 13.2 Å². The number of hydrogen-bond donors (Lipinski definition) is 3. The molecule has 3 N–H and O–H groups in total. The second kappa shape index (κ2) is 6.32. The Morgan fingerprint density at radius 2 is 2.12 bits per heavy atom. The lowest BCUT2D eigenvalue weighted by Gasteiger charge is -2.31. The molecule has 1 saturated heterocycles. The monoisotopic (exact) mass is 263 g/mol. The van der Waals surface area contributed by atoms with Crippen LogP contribution in [-0.4, -0.2) is 46.3 Å². The lowest BCUT2D eigenvalue weighted by Crippen LogP contribution is -2.50. The SMILES string of the molecule is CCNS(=O)(=O)CCNC(=O)C(C)C1CNC1. The fraction of sp³-hybridized carbons (Fsp3) is 0.900. The van der Waals surface area contributed by atoms with E-state index in [0.717, 1.165) is 13.1 Å². The lowest BCUT2D eigenvalue weighted by atomic mass is 9.88. The third-order valence-electron chi connectivity index (χ3n) is 2.97. The molecule has 7 heteroatoms. The maximum Gasteiger partial charge on any atom is 0.223 e. The third-order valence-corrected chi connectivity index (χ3v) is 4.44. The molecule has 1 amide bonds. The van der Waals surface area contributed by atoms with Crippen molar-refractivity contribution in [2.75, 3.05) is 31.9 Å². The molecule has 1 rings (SSSR count). The van der Waals surface area contributed by atoms with Gasteiger partial charge in [-0.1, -0.05) is 13.8 Å². The number of rotatable bonds is 7. The standard InChI is InChI=1S/C10H21N3O3S/c1-3-13-17(15,16)5-4-12-10(14)8(2)9-6-11-7-9/h8-9,11,13H,3-7H2,1-2H3,(H,12,14). The van der Waals surface area contributed by atoms with Gasteiger partial charge >= 0.3 is 0 Å². The summed E-state index contributed by atoms with van der Waals surface area (Å²) in [6.45, 7) is 5.87. The van der Waals surface area contributed by atoms with Gasteiger partial charge in [0.15, 0.2) is 0 Å². The van der Waals surface area contributed by atoms with Crippen LogP contribution in [0.1, 0.15) is 13.8 Å². The number of hydrogen-bond acceptors (Lipinski definition) is 4. The Morgan fingerprint density at radius 1 is 1.47 bits per heavy atom. The van der Waals surface area contributed by atoms with Gasteiger partial charge < -0.3 is 10.6 Å². The normalized spacial score (nSPS) is 18.5. The first-order valence-electron chi connectivity index (χ1n) is 5.92. The maximum atomic E-state index is 11.7. The zero-order valence-electron chi connectivity index (χ0n) is 10.3. The molecule has 0 saturated carbocycles. The Balaban J connectivity index is 2.23. The van der Waals surface area contributed by atoms with Gasteiger partial charge in [0.05, 0.1) is 5.75 Å². The highest BCUT2D eigenvalue weighted by molar-refractivity contribution is 7.89. The summed E-state index contributed by atoms with van der Waals surface area (Å²) in [5.41, 5.74) is 0. The van der Waals surface area contributed by atoms with Crippen LogP contribution in [0.2, 0.25) is 0 Å². The van der Waals surface area contributed by atoms with Crippen molar-refractivity contribution in [3.8, 4) is 0 Å². The Labute approximate surface area is 103 Å². The van der Waals surface area contributed by atoms with E-state index in [1.165, 1.54) is 0 Å². The molecule has 100 valence electrons. The van der Waals surface area contributed by atoms with Crippen LogP contribution in [0.5, 0.6) is 0 Å². The Hall–Kier alpha value is -0.660. The van der Waals surface area contributed by atoms with Crippen molar-refractivity contribution in [3.63, 3.8) is 0 Å². The molecule has 0 radical (unpaired) electrons. The molecular weight excluding hydrogens is 242 g/mol. The van der Waals surface area contributed by atoms with E-state index >= 15 is 0 Å². The summed E-state index contributed by atoms with van der Waals surface area (Å²) in [6, 6.07) is 0. The van der Waals surface area contributed by atoms with Crippen molar-refractivity contribution in [2.24, 2.45) is 11.8 Å². The quantitative estimate of drug-likeness (QED) is 0.544. The van der Waals surface area contributed by atoms with Crippen molar-refractivity contribution in [1.82, 2.24) is 15.4 Å². The number of carbonyl (C=O) groups is 1. The van der Waals surface area contributed by atoms with E-state index < -0.39 is 10.0 Å². The molecule has 0 aliphatic carbocycles. The van der Waals surface area contributed by atoms with Crippen LogP contribution in [0.4, 0.5) is 0 Å². The molecule has 0 aromatic heterocycles. The van der Waals surface area contributed by atoms with E-state index in [0.29, 0.717) is 12.5 Å². The molecule has 1 unspecified atom stereocenters. The number of nitrogens with one attached hydrogen (secondary N) is 3. The van der Waals surface area contributed by atoms with Crippen LogP contribution >= 0.6 is 0 Å². The van der Waals surface area contributed by atoms with Crippen molar-refractivity contribution in [1.29, 1.82) is 0 Å². The number of sulfonamides is 1. The zero-order chi connectivity index (χ0) is 12.9. The summed E-state index contributed by atoms with van der Waals surface area (Å²) < 4.78 is 25.0. The average molecular weight is 263 g/mol. The van der Waals surface area contributed by atoms with Crippen LogP contribution in [0.25, 0.3) is 0 Å². The minimum atomic E-state index is -3.24. The maximum absolute atomic E-state index is 11.7. The minimum Gasteiger partial charge on any atom is -0.355 e. The minimum absolute atomic E-state index is 0.0573. The summed E-state index contributed by atoms with van der Waals surface area (Å²) >= 11 is 0. The molecule has 0 aromatic carbocycles. The Morgan fingerprint density at radius 3 is 2.59 bits per heavy atom. The highest BCUT2D eigenvalue weighted by Gasteiger charge is 2.28. The smallest absolute Gasteiger partial charge is 0.223 e. The summed E-state index contributed by atoms with van der Waals surface area (Å²) in [7, 11) is -3.24. The van der Waals surface area contributed by atoms with Crippen LogP contribution in [0.15, 0.2) is 0 Å². The van der Waals surface area contributed by atoms with Gasteiger partial charge in [-0.3, -0.25) is 4.79 Å². The Kier molecular flexibility index (Phi) is 5.35. The molecule has 1 aliphatic rings.